The maximum atomic E-state index is 5.22. The highest BCUT2D eigenvalue weighted by Gasteiger charge is 2.42. The number of methoxy groups -OCH3 is 1. The first kappa shape index (κ1) is 20.0. The second-order valence-corrected chi connectivity index (χ2v) is 7.00. The normalized spacial score (nSPS) is 21.5. The quantitative estimate of drug-likeness (QED) is 0.339. The topological polar surface area (TPSA) is 45.7 Å². The molecule has 2 aliphatic carbocycles. The molecule has 0 aromatic rings. The molecule has 4 nitrogen and oxygen atoms in total. The molecule has 0 aromatic carbocycles. The van der Waals surface area contributed by atoms with Gasteiger partial charge in [-0.25, -0.2) is 0 Å². The van der Waals surface area contributed by atoms with Gasteiger partial charge in [0.1, 0.15) is 0 Å². The van der Waals surface area contributed by atoms with Gasteiger partial charge in [-0.1, -0.05) is 13.3 Å². The first-order chi connectivity index (χ1) is 10.2. The molecule has 2 fully saturated rings. The Labute approximate surface area is 153 Å². The molecule has 0 spiro atoms. The van der Waals surface area contributed by atoms with E-state index >= 15 is 0 Å². The minimum Gasteiger partial charge on any atom is -0.385 e. The predicted octanol–water partition coefficient (Wildman–Crippen LogP) is 3.56. The number of nitrogens with one attached hydrogen (secondary N) is 2. The summed E-state index contributed by atoms with van der Waals surface area (Å²) in [6.45, 7) is 8.24. The Bertz CT molecular complexity index is 346. The molecule has 0 radical (unpaired) electrons. The Balaban J connectivity index is 0.00000242. The molecule has 2 saturated carbocycles. The SMILES string of the molecule is CCNC(=NCC1(CCOC)CC1)NCC1(CC)CCC1.I. The lowest BCUT2D eigenvalue weighted by atomic mass is 9.67. The van der Waals surface area contributed by atoms with Crippen molar-refractivity contribution in [3.63, 3.8) is 0 Å². The van der Waals surface area contributed by atoms with Crippen molar-refractivity contribution in [3.05, 3.63) is 0 Å². The van der Waals surface area contributed by atoms with E-state index < -0.39 is 0 Å². The van der Waals surface area contributed by atoms with Crippen LogP contribution in [-0.2, 0) is 4.74 Å². The Kier molecular flexibility index (Phi) is 8.46. The molecule has 0 saturated heterocycles. The molecular weight excluding hydrogens is 389 g/mol. The monoisotopic (exact) mass is 423 g/mol. The summed E-state index contributed by atoms with van der Waals surface area (Å²) in [5.74, 6) is 1.00. The Morgan fingerprint density at radius 3 is 2.27 bits per heavy atom. The van der Waals surface area contributed by atoms with Crippen molar-refractivity contribution >= 4 is 29.9 Å². The maximum Gasteiger partial charge on any atom is 0.191 e. The van der Waals surface area contributed by atoms with Gasteiger partial charge in [-0.05, 0) is 56.3 Å². The summed E-state index contributed by atoms with van der Waals surface area (Å²) in [4.78, 5) is 4.84. The summed E-state index contributed by atoms with van der Waals surface area (Å²) in [6.07, 6.45) is 9.16. The lowest BCUT2D eigenvalue weighted by molar-refractivity contribution is 0.131. The van der Waals surface area contributed by atoms with Gasteiger partial charge in [-0.3, -0.25) is 4.99 Å². The fraction of sp³-hybridized carbons (Fsp3) is 0.941. The maximum absolute atomic E-state index is 5.22. The highest BCUT2D eigenvalue weighted by Crippen LogP contribution is 2.49. The van der Waals surface area contributed by atoms with Crippen LogP contribution in [0.1, 0.15) is 58.8 Å². The summed E-state index contributed by atoms with van der Waals surface area (Å²) in [6, 6.07) is 0. The molecule has 0 aliphatic heterocycles. The van der Waals surface area contributed by atoms with Gasteiger partial charge in [0.25, 0.3) is 0 Å². The van der Waals surface area contributed by atoms with Crippen LogP contribution in [0.25, 0.3) is 0 Å². The first-order valence-corrected chi connectivity index (χ1v) is 8.69. The van der Waals surface area contributed by atoms with E-state index in [9.17, 15) is 0 Å². The van der Waals surface area contributed by atoms with Crippen LogP contribution >= 0.6 is 24.0 Å². The second-order valence-electron chi connectivity index (χ2n) is 7.00. The van der Waals surface area contributed by atoms with Crippen molar-refractivity contribution in [2.45, 2.75) is 58.8 Å². The molecule has 0 aromatic heterocycles. The Hall–Kier alpha value is -0.0400. The summed E-state index contributed by atoms with van der Waals surface area (Å²) in [7, 11) is 1.79. The van der Waals surface area contributed by atoms with Gasteiger partial charge >= 0.3 is 0 Å². The first-order valence-electron chi connectivity index (χ1n) is 8.69. The largest absolute Gasteiger partial charge is 0.385 e. The average Bonchev–Trinajstić information content (AvgIpc) is 3.22. The van der Waals surface area contributed by atoms with Crippen LogP contribution in [-0.4, -0.2) is 39.3 Å². The molecule has 2 rings (SSSR count). The number of rotatable bonds is 9. The number of hydrogen-bond donors (Lipinski definition) is 2. The van der Waals surface area contributed by atoms with Crippen molar-refractivity contribution < 1.29 is 4.74 Å². The van der Waals surface area contributed by atoms with Crippen LogP contribution < -0.4 is 10.6 Å². The second kappa shape index (κ2) is 9.30. The average molecular weight is 423 g/mol. The molecule has 2 N–H and O–H groups in total. The summed E-state index contributed by atoms with van der Waals surface area (Å²) in [5.41, 5.74) is 0.959. The molecular formula is C17H34IN3O. The molecule has 0 atom stereocenters. The van der Waals surface area contributed by atoms with E-state index in [1.807, 2.05) is 0 Å². The van der Waals surface area contributed by atoms with Gasteiger partial charge in [0.15, 0.2) is 5.96 Å². The van der Waals surface area contributed by atoms with Gasteiger partial charge in [-0.15, -0.1) is 24.0 Å². The van der Waals surface area contributed by atoms with E-state index in [1.54, 1.807) is 7.11 Å². The van der Waals surface area contributed by atoms with E-state index in [-0.39, 0.29) is 24.0 Å². The molecule has 5 heteroatoms. The number of aliphatic imine (C=N–C) groups is 1. The summed E-state index contributed by atoms with van der Waals surface area (Å²) >= 11 is 0. The van der Waals surface area contributed by atoms with E-state index in [1.165, 1.54) is 38.5 Å². The van der Waals surface area contributed by atoms with Crippen molar-refractivity contribution in [2.24, 2.45) is 15.8 Å². The smallest absolute Gasteiger partial charge is 0.191 e. The molecule has 130 valence electrons. The Morgan fingerprint density at radius 2 is 1.82 bits per heavy atom. The molecule has 0 amide bonds. The zero-order valence-electron chi connectivity index (χ0n) is 14.5. The standard InChI is InChI=1S/C17H33N3O.HI/c1-4-16(7-6-8-16)13-19-15(18-5-2)20-14-17(9-10-17)11-12-21-3;/h4-14H2,1-3H3,(H2,18,19,20);1H. The van der Waals surface area contributed by atoms with Crippen LogP contribution in [0, 0.1) is 10.8 Å². The minimum atomic E-state index is 0. The summed E-state index contributed by atoms with van der Waals surface area (Å²) in [5, 5.41) is 6.97. The zero-order chi connectivity index (χ0) is 15.2. The molecule has 22 heavy (non-hydrogen) atoms. The molecule has 0 bridgehead atoms. The highest BCUT2D eigenvalue weighted by atomic mass is 127. The predicted molar refractivity (Wildman–Crippen MR) is 104 cm³/mol. The third-order valence-corrected chi connectivity index (χ3v) is 5.51. The van der Waals surface area contributed by atoms with Gasteiger partial charge in [0, 0.05) is 33.4 Å². The van der Waals surface area contributed by atoms with Crippen LogP contribution in [0.15, 0.2) is 4.99 Å². The van der Waals surface area contributed by atoms with E-state index in [4.69, 9.17) is 9.73 Å². The van der Waals surface area contributed by atoms with Crippen LogP contribution in [0.4, 0.5) is 0 Å². The zero-order valence-corrected chi connectivity index (χ0v) is 16.9. The number of ether oxygens (including phenoxy) is 1. The number of hydrogen-bond acceptors (Lipinski definition) is 2. The number of guanidine groups is 1. The number of halogens is 1. The fourth-order valence-corrected chi connectivity index (χ4v) is 3.17. The van der Waals surface area contributed by atoms with E-state index in [0.717, 1.165) is 38.6 Å². The molecule has 2 aliphatic rings. The number of nitrogens with zero attached hydrogens (tertiary/aromatic N) is 1. The fourth-order valence-electron chi connectivity index (χ4n) is 3.17. The Morgan fingerprint density at radius 1 is 1.09 bits per heavy atom. The highest BCUT2D eigenvalue weighted by molar-refractivity contribution is 14.0. The van der Waals surface area contributed by atoms with Gasteiger partial charge < -0.3 is 15.4 Å². The van der Waals surface area contributed by atoms with E-state index in [2.05, 4.69) is 24.5 Å². The van der Waals surface area contributed by atoms with Crippen LogP contribution in [0.5, 0.6) is 0 Å². The van der Waals surface area contributed by atoms with E-state index in [0.29, 0.717) is 10.8 Å². The van der Waals surface area contributed by atoms with Crippen molar-refractivity contribution in [1.82, 2.24) is 10.6 Å². The molecule has 0 heterocycles. The van der Waals surface area contributed by atoms with Crippen LogP contribution in [0.3, 0.4) is 0 Å². The minimum absolute atomic E-state index is 0. The van der Waals surface area contributed by atoms with Crippen molar-refractivity contribution in [3.8, 4) is 0 Å². The van der Waals surface area contributed by atoms with Gasteiger partial charge in [-0.2, -0.15) is 0 Å². The van der Waals surface area contributed by atoms with Gasteiger partial charge in [0.05, 0.1) is 0 Å². The molecule has 0 unspecified atom stereocenters. The van der Waals surface area contributed by atoms with Gasteiger partial charge in [0.2, 0.25) is 0 Å². The third kappa shape index (κ3) is 5.55. The van der Waals surface area contributed by atoms with Crippen LogP contribution in [0.2, 0.25) is 0 Å². The third-order valence-electron chi connectivity index (χ3n) is 5.51. The summed E-state index contributed by atoms with van der Waals surface area (Å²) < 4.78 is 5.22. The lowest BCUT2D eigenvalue weighted by Crippen LogP contribution is -2.46. The van der Waals surface area contributed by atoms with Crippen molar-refractivity contribution in [1.29, 1.82) is 0 Å². The lowest BCUT2D eigenvalue weighted by Gasteiger charge is -2.41. The van der Waals surface area contributed by atoms with Crippen molar-refractivity contribution in [2.75, 3.05) is 33.4 Å².